The van der Waals surface area contributed by atoms with Gasteiger partial charge in [0.1, 0.15) is 17.1 Å². The molecule has 25 heavy (non-hydrogen) atoms. The van der Waals surface area contributed by atoms with Crippen molar-refractivity contribution >= 4 is 31.4 Å². The van der Waals surface area contributed by atoms with Gasteiger partial charge in [0.15, 0.2) is 21.4 Å². The van der Waals surface area contributed by atoms with Crippen LogP contribution in [0.25, 0.3) is 0 Å². The van der Waals surface area contributed by atoms with E-state index in [9.17, 15) is 22.0 Å². The summed E-state index contributed by atoms with van der Waals surface area (Å²) >= 11 is 0. The maximum absolute atomic E-state index is 13.3. The largest absolute Gasteiger partial charge is 0.464 e. The predicted molar refractivity (Wildman–Crippen MR) is 89.7 cm³/mol. The Bertz CT molecular complexity index is 957. The number of halogens is 2. The number of hydrogen-bond donors (Lipinski definition) is 2. The Hall–Kier alpha value is -2.04. The molecule has 1 amide bonds. The van der Waals surface area contributed by atoms with Crippen LogP contribution < -0.4 is 14.8 Å². The van der Waals surface area contributed by atoms with Crippen LogP contribution in [0.15, 0.2) is 29.2 Å². The van der Waals surface area contributed by atoms with Gasteiger partial charge in [-0.1, -0.05) is 0 Å². The molecule has 0 fully saturated rings. The highest BCUT2D eigenvalue weighted by Gasteiger charge is 2.41. The van der Waals surface area contributed by atoms with E-state index in [1.54, 1.807) is 13.8 Å². The summed E-state index contributed by atoms with van der Waals surface area (Å²) in [6.45, 7) is 3.35. The summed E-state index contributed by atoms with van der Waals surface area (Å²) in [5.41, 5.74) is 0.0706. The maximum atomic E-state index is 13.3. The number of thiophene rings is 1. The minimum absolute atomic E-state index is 0.0643. The molecule has 2 aromatic rings. The molecule has 10 heteroatoms. The van der Waals surface area contributed by atoms with Gasteiger partial charge in [0.2, 0.25) is 10.0 Å². The molecule has 3 rings (SSSR count). The predicted octanol–water partition coefficient (Wildman–Crippen LogP) is 3.16. The van der Waals surface area contributed by atoms with E-state index in [0.29, 0.717) is 4.88 Å². The lowest BCUT2D eigenvalue weighted by atomic mass is 10.3. The SMILES string of the molecule is Cc1cc2c([s+]1C(=O)Nc1ccc(F)c(F)c1)OCC(C)NS2(=O)=O. The van der Waals surface area contributed by atoms with Crippen molar-refractivity contribution in [2.24, 2.45) is 0 Å². The fraction of sp³-hybridized carbons (Fsp3) is 0.267. The number of carbonyl (C=O) groups excluding carboxylic acids is 1. The van der Waals surface area contributed by atoms with E-state index in [-0.39, 0.29) is 22.3 Å². The van der Waals surface area contributed by atoms with Gasteiger partial charge < -0.3 is 4.74 Å². The minimum Gasteiger partial charge on any atom is -0.450 e. The molecule has 2 heterocycles. The molecule has 2 unspecified atom stereocenters. The van der Waals surface area contributed by atoms with Crippen LogP contribution in [0.5, 0.6) is 5.06 Å². The Labute approximate surface area is 145 Å². The zero-order valence-corrected chi connectivity index (χ0v) is 14.9. The number of rotatable bonds is 2. The Balaban J connectivity index is 1.99. The summed E-state index contributed by atoms with van der Waals surface area (Å²) < 4.78 is 59.0. The number of ether oxygens (including phenoxy) is 1. The Morgan fingerprint density at radius 2 is 2.04 bits per heavy atom. The number of amides is 1. The third-order valence-electron chi connectivity index (χ3n) is 3.50. The molecule has 0 saturated heterocycles. The smallest absolute Gasteiger partial charge is 0.450 e. The number of benzene rings is 1. The molecular formula is C15H15F2N2O4S2+. The molecule has 0 saturated carbocycles. The average molecular weight is 389 g/mol. The molecule has 0 bridgehead atoms. The van der Waals surface area contributed by atoms with Crippen molar-refractivity contribution in [3.05, 3.63) is 40.8 Å². The van der Waals surface area contributed by atoms with E-state index in [2.05, 4.69) is 10.0 Å². The van der Waals surface area contributed by atoms with Crippen molar-refractivity contribution in [3.8, 4) is 5.06 Å². The van der Waals surface area contributed by atoms with E-state index in [0.717, 1.165) is 12.1 Å². The van der Waals surface area contributed by atoms with Crippen LogP contribution in [0, 0.1) is 18.6 Å². The first kappa shape index (κ1) is 17.8. The lowest BCUT2D eigenvalue weighted by Gasteiger charge is -2.07. The van der Waals surface area contributed by atoms with E-state index < -0.39 is 43.4 Å². The van der Waals surface area contributed by atoms with Crippen LogP contribution >= 0.6 is 10.5 Å². The quantitative estimate of drug-likeness (QED) is 0.773. The lowest BCUT2D eigenvalue weighted by Crippen LogP contribution is -2.34. The fourth-order valence-corrected chi connectivity index (χ4v) is 6.05. The molecule has 0 spiro atoms. The highest BCUT2D eigenvalue weighted by molar-refractivity contribution is 7.90. The van der Waals surface area contributed by atoms with Crippen LogP contribution in [-0.4, -0.2) is 26.3 Å². The molecule has 2 N–H and O–H groups in total. The van der Waals surface area contributed by atoms with Crippen molar-refractivity contribution in [2.45, 2.75) is 24.8 Å². The average Bonchev–Trinajstić information content (AvgIpc) is 2.81. The minimum atomic E-state index is -3.78. The van der Waals surface area contributed by atoms with E-state index in [1.807, 2.05) is 0 Å². The van der Waals surface area contributed by atoms with Crippen LogP contribution in [-0.2, 0) is 10.0 Å². The Kier molecular flexibility index (Phi) is 4.52. The molecule has 1 aliphatic heterocycles. The van der Waals surface area contributed by atoms with E-state index >= 15 is 0 Å². The van der Waals surface area contributed by atoms with Crippen molar-refractivity contribution in [2.75, 3.05) is 11.9 Å². The third kappa shape index (κ3) is 3.37. The molecule has 1 aromatic carbocycles. The van der Waals surface area contributed by atoms with Gasteiger partial charge in [0, 0.05) is 24.7 Å². The number of nitrogens with one attached hydrogen (secondary N) is 2. The van der Waals surface area contributed by atoms with Crippen LogP contribution in [0.1, 0.15) is 11.8 Å². The third-order valence-corrected chi connectivity index (χ3v) is 7.17. The molecule has 1 aromatic heterocycles. The Morgan fingerprint density at radius 3 is 2.72 bits per heavy atom. The van der Waals surface area contributed by atoms with Crippen molar-refractivity contribution in [1.29, 1.82) is 0 Å². The first-order valence-corrected chi connectivity index (χ1v) is 9.98. The van der Waals surface area contributed by atoms with Crippen molar-refractivity contribution in [1.82, 2.24) is 4.72 Å². The van der Waals surface area contributed by atoms with Gasteiger partial charge in [-0.25, -0.2) is 26.7 Å². The topological polar surface area (TPSA) is 84.5 Å². The standard InChI is InChI=1S/C15H14F2N2O4S2/c1-8-7-23-14-13(25(21,22)19-8)5-9(2)24(14)15(20)18-10-3-4-11(16)12(17)6-10/h3-6,8,19H,7H2,1-2H3/p+1. The number of aryl methyl sites for hydroxylation is 1. The molecule has 134 valence electrons. The van der Waals surface area contributed by atoms with Gasteiger partial charge in [-0.3, -0.25) is 5.32 Å². The van der Waals surface area contributed by atoms with E-state index in [1.165, 1.54) is 12.1 Å². The summed E-state index contributed by atoms with van der Waals surface area (Å²) in [5, 5.41) is 1.97. The number of fused-ring (bicyclic) bond motifs is 1. The van der Waals surface area contributed by atoms with Gasteiger partial charge in [0.25, 0.3) is 0 Å². The molecule has 1 aliphatic rings. The second-order valence-corrected chi connectivity index (χ2v) is 9.27. The zero-order chi connectivity index (χ0) is 18.4. The fourth-order valence-electron chi connectivity index (χ4n) is 2.40. The maximum Gasteiger partial charge on any atom is 0.464 e. The monoisotopic (exact) mass is 389 g/mol. The molecule has 0 radical (unpaired) electrons. The summed E-state index contributed by atoms with van der Waals surface area (Å²) in [7, 11) is -5.07. The second kappa shape index (κ2) is 6.36. The van der Waals surface area contributed by atoms with Gasteiger partial charge >= 0.3 is 10.3 Å². The molecule has 0 aliphatic carbocycles. The van der Waals surface area contributed by atoms with Gasteiger partial charge in [-0.2, -0.15) is 0 Å². The summed E-state index contributed by atoms with van der Waals surface area (Å²) in [5.74, 6) is -2.12. The zero-order valence-electron chi connectivity index (χ0n) is 13.3. The summed E-state index contributed by atoms with van der Waals surface area (Å²) in [6.07, 6.45) is 0. The lowest BCUT2D eigenvalue weighted by molar-refractivity contribution is 0.268. The highest BCUT2D eigenvalue weighted by atomic mass is 32.2. The summed E-state index contributed by atoms with van der Waals surface area (Å²) in [4.78, 5) is 13.0. The first-order valence-electron chi connectivity index (χ1n) is 7.27. The van der Waals surface area contributed by atoms with Crippen LogP contribution in [0.4, 0.5) is 19.3 Å². The van der Waals surface area contributed by atoms with Gasteiger partial charge in [-0.15, -0.1) is 0 Å². The number of carbonyl (C=O) groups is 1. The van der Waals surface area contributed by atoms with Gasteiger partial charge in [-0.05, 0) is 19.1 Å². The number of hydrogen-bond acceptors (Lipinski definition) is 4. The molecular weight excluding hydrogens is 374 g/mol. The highest BCUT2D eigenvalue weighted by Crippen LogP contribution is 2.45. The molecule has 2 atom stereocenters. The van der Waals surface area contributed by atoms with Crippen LogP contribution in [0.2, 0.25) is 0 Å². The van der Waals surface area contributed by atoms with E-state index in [4.69, 9.17) is 4.74 Å². The van der Waals surface area contributed by atoms with Crippen LogP contribution in [0.3, 0.4) is 0 Å². The van der Waals surface area contributed by atoms with Gasteiger partial charge in [0.05, 0.1) is 6.04 Å². The number of sulfonamides is 1. The summed E-state index contributed by atoms with van der Waals surface area (Å²) in [6, 6.07) is 3.93. The molecule has 6 nitrogen and oxygen atoms in total. The second-order valence-electron chi connectivity index (χ2n) is 5.59. The van der Waals surface area contributed by atoms with Crippen molar-refractivity contribution in [3.63, 3.8) is 0 Å². The normalized spacial score (nSPS) is 19.5. The Morgan fingerprint density at radius 1 is 1.32 bits per heavy atom. The first-order chi connectivity index (χ1) is 11.7. The van der Waals surface area contributed by atoms with Crippen molar-refractivity contribution < 1.29 is 26.7 Å². The number of anilines is 1.